The first-order chi connectivity index (χ1) is 11.9. The summed E-state index contributed by atoms with van der Waals surface area (Å²) >= 11 is 0. The van der Waals surface area contributed by atoms with E-state index in [-0.39, 0.29) is 12.1 Å². The number of aryl methyl sites for hydroxylation is 1. The van der Waals surface area contributed by atoms with Gasteiger partial charge >= 0.3 is 6.03 Å². The topological polar surface area (TPSA) is 75.4 Å². The van der Waals surface area contributed by atoms with Crippen molar-refractivity contribution in [2.45, 2.75) is 32.9 Å². The maximum absolute atomic E-state index is 12.4. The summed E-state index contributed by atoms with van der Waals surface area (Å²) in [4.78, 5) is 25.2. The first-order valence-electron chi connectivity index (χ1n) is 8.40. The van der Waals surface area contributed by atoms with E-state index < -0.39 is 5.91 Å². The van der Waals surface area contributed by atoms with E-state index in [9.17, 15) is 9.59 Å². The van der Waals surface area contributed by atoms with E-state index in [0.717, 1.165) is 17.5 Å². The predicted octanol–water partition coefficient (Wildman–Crippen LogP) is 3.25. The molecule has 0 fully saturated rings. The van der Waals surface area contributed by atoms with Gasteiger partial charge in [-0.1, -0.05) is 43.3 Å². The van der Waals surface area contributed by atoms with Gasteiger partial charge in [0.25, 0.3) is 0 Å². The number of amides is 3. The summed E-state index contributed by atoms with van der Waals surface area (Å²) in [7, 11) is 1.72. The monoisotopic (exact) mass is 339 g/mol. The molecule has 0 aliphatic carbocycles. The van der Waals surface area contributed by atoms with Crippen LogP contribution in [0.2, 0.25) is 0 Å². The van der Waals surface area contributed by atoms with E-state index in [1.807, 2.05) is 25.1 Å². The van der Waals surface area contributed by atoms with E-state index in [1.54, 1.807) is 30.1 Å². The Morgan fingerprint density at radius 1 is 1.12 bits per heavy atom. The molecule has 0 spiro atoms. The zero-order valence-corrected chi connectivity index (χ0v) is 15.0. The number of nitrogens with zero attached hydrogens (tertiary/aromatic N) is 1. The van der Waals surface area contributed by atoms with E-state index in [2.05, 4.69) is 24.4 Å². The fourth-order valence-electron chi connectivity index (χ4n) is 2.59. The molecule has 3 N–H and O–H groups in total. The van der Waals surface area contributed by atoms with E-state index in [1.165, 1.54) is 5.56 Å². The number of urea groups is 1. The van der Waals surface area contributed by atoms with Gasteiger partial charge in [-0.15, -0.1) is 0 Å². The van der Waals surface area contributed by atoms with Crippen LogP contribution in [0.4, 0.5) is 4.79 Å². The van der Waals surface area contributed by atoms with Gasteiger partial charge in [-0.3, -0.25) is 4.79 Å². The lowest BCUT2D eigenvalue weighted by Gasteiger charge is -2.22. The molecule has 3 amide bonds. The molecule has 2 rings (SSSR count). The van der Waals surface area contributed by atoms with Crippen LogP contribution in [-0.2, 0) is 13.0 Å². The maximum atomic E-state index is 12.4. The Labute approximate surface area is 148 Å². The third kappa shape index (κ3) is 5.08. The first-order valence-corrected chi connectivity index (χ1v) is 8.40. The van der Waals surface area contributed by atoms with Crippen molar-refractivity contribution in [3.63, 3.8) is 0 Å². The quantitative estimate of drug-likeness (QED) is 0.847. The lowest BCUT2D eigenvalue weighted by molar-refractivity contribution is 0.1000. The molecule has 0 radical (unpaired) electrons. The molecule has 5 nitrogen and oxygen atoms in total. The molecule has 25 heavy (non-hydrogen) atoms. The molecule has 0 aliphatic rings. The van der Waals surface area contributed by atoms with E-state index in [0.29, 0.717) is 12.1 Å². The Kier molecular flexibility index (Phi) is 6.17. The number of hydrogen-bond donors (Lipinski definition) is 2. The fraction of sp³-hybridized carbons (Fsp3) is 0.300. The highest BCUT2D eigenvalue weighted by Gasteiger charge is 2.14. The Bertz CT molecular complexity index is 741. The molecular weight excluding hydrogens is 314 g/mol. The van der Waals surface area contributed by atoms with Crippen LogP contribution in [0.5, 0.6) is 0 Å². The fourth-order valence-corrected chi connectivity index (χ4v) is 2.59. The Hall–Kier alpha value is -2.82. The zero-order chi connectivity index (χ0) is 18.4. The number of nitrogens with two attached hydrogens (primary N) is 1. The molecule has 132 valence electrons. The van der Waals surface area contributed by atoms with Gasteiger partial charge in [0.1, 0.15) is 0 Å². The summed E-state index contributed by atoms with van der Waals surface area (Å²) in [6, 6.07) is 15.0. The number of primary amides is 1. The Balaban J connectivity index is 1.97. The van der Waals surface area contributed by atoms with Crippen molar-refractivity contribution < 1.29 is 9.59 Å². The van der Waals surface area contributed by atoms with Crippen LogP contribution in [0.25, 0.3) is 0 Å². The van der Waals surface area contributed by atoms with Crippen molar-refractivity contribution in [2.75, 3.05) is 7.05 Å². The molecule has 1 unspecified atom stereocenters. The van der Waals surface area contributed by atoms with Crippen molar-refractivity contribution in [1.82, 2.24) is 10.2 Å². The van der Waals surface area contributed by atoms with Crippen molar-refractivity contribution >= 4 is 11.9 Å². The summed E-state index contributed by atoms with van der Waals surface area (Å²) in [5.41, 5.74) is 8.92. The van der Waals surface area contributed by atoms with Crippen LogP contribution >= 0.6 is 0 Å². The van der Waals surface area contributed by atoms with Crippen molar-refractivity contribution in [1.29, 1.82) is 0 Å². The SMILES string of the molecule is CCc1ccc(C(C)NC(=O)N(C)Cc2cccc(C(N)=O)c2)cc1. The lowest BCUT2D eigenvalue weighted by atomic mass is 10.1. The largest absolute Gasteiger partial charge is 0.366 e. The second-order valence-electron chi connectivity index (χ2n) is 6.19. The molecule has 0 saturated carbocycles. The molecule has 2 aromatic rings. The highest BCUT2D eigenvalue weighted by atomic mass is 16.2. The zero-order valence-electron chi connectivity index (χ0n) is 15.0. The minimum Gasteiger partial charge on any atom is -0.366 e. The Morgan fingerprint density at radius 3 is 2.40 bits per heavy atom. The summed E-state index contributed by atoms with van der Waals surface area (Å²) < 4.78 is 0. The average molecular weight is 339 g/mol. The van der Waals surface area contributed by atoms with Gasteiger partial charge in [-0.05, 0) is 42.2 Å². The van der Waals surface area contributed by atoms with Gasteiger partial charge in [0.2, 0.25) is 5.91 Å². The normalized spacial score (nSPS) is 11.6. The number of nitrogens with one attached hydrogen (secondary N) is 1. The van der Waals surface area contributed by atoms with Gasteiger partial charge in [-0.2, -0.15) is 0 Å². The summed E-state index contributed by atoms with van der Waals surface area (Å²) in [6.07, 6.45) is 0.994. The van der Waals surface area contributed by atoms with Gasteiger partial charge in [0.05, 0.1) is 6.04 Å². The van der Waals surface area contributed by atoms with Crippen molar-refractivity contribution in [3.05, 3.63) is 70.8 Å². The minimum atomic E-state index is -0.474. The van der Waals surface area contributed by atoms with E-state index in [4.69, 9.17) is 5.73 Å². The number of rotatable bonds is 6. The highest BCUT2D eigenvalue weighted by molar-refractivity contribution is 5.92. The van der Waals surface area contributed by atoms with Gasteiger partial charge in [0, 0.05) is 19.2 Å². The molecule has 0 heterocycles. The number of hydrogen-bond acceptors (Lipinski definition) is 2. The van der Waals surface area contributed by atoms with Crippen LogP contribution in [0.1, 0.15) is 46.9 Å². The molecular formula is C20H25N3O2. The summed E-state index contributed by atoms with van der Waals surface area (Å²) in [5, 5.41) is 2.99. The second-order valence-corrected chi connectivity index (χ2v) is 6.19. The molecule has 0 bridgehead atoms. The Morgan fingerprint density at radius 2 is 1.80 bits per heavy atom. The van der Waals surface area contributed by atoms with Gasteiger partial charge < -0.3 is 16.0 Å². The van der Waals surface area contributed by atoms with Crippen LogP contribution in [0.3, 0.4) is 0 Å². The molecule has 1 atom stereocenters. The maximum Gasteiger partial charge on any atom is 0.317 e. The van der Waals surface area contributed by atoms with Gasteiger partial charge in [0.15, 0.2) is 0 Å². The number of benzene rings is 2. The summed E-state index contributed by atoms with van der Waals surface area (Å²) in [6.45, 7) is 4.47. The average Bonchev–Trinajstić information content (AvgIpc) is 2.61. The van der Waals surface area contributed by atoms with Gasteiger partial charge in [-0.25, -0.2) is 4.79 Å². The number of carbonyl (C=O) groups excluding carboxylic acids is 2. The number of carbonyl (C=O) groups is 2. The third-order valence-corrected chi connectivity index (χ3v) is 4.21. The molecule has 0 saturated heterocycles. The second kappa shape index (κ2) is 8.33. The minimum absolute atomic E-state index is 0.0854. The lowest BCUT2D eigenvalue weighted by Crippen LogP contribution is -2.38. The highest BCUT2D eigenvalue weighted by Crippen LogP contribution is 2.14. The first kappa shape index (κ1) is 18.5. The summed E-state index contributed by atoms with van der Waals surface area (Å²) in [5.74, 6) is -0.474. The predicted molar refractivity (Wildman–Crippen MR) is 99.2 cm³/mol. The van der Waals surface area contributed by atoms with Crippen LogP contribution in [-0.4, -0.2) is 23.9 Å². The smallest absolute Gasteiger partial charge is 0.317 e. The molecule has 5 heteroatoms. The third-order valence-electron chi connectivity index (χ3n) is 4.21. The van der Waals surface area contributed by atoms with Crippen LogP contribution < -0.4 is 11.1 Å². The van der Waals surface area contributed by atoms with E-state index >= 15 is 0 Å². The van der Waals surface area contributed by atoms with Crippen LogP contribution in [0, 0.1) is 0 Å². The molecule has 0 aromatic heterocycles. The van der Waals surface area contributed by atoms with Crippen LogP contribution in [0.15, 0.2) is 48.5 Å². The molecule has 2 aromatic carbocycles. The van der Waals surface area contributed by atoms with Crippen molar-refractivity contribution in [2.24, 2.45) is 5.73 Å². The standard InChI is InChI=1S/C20H25N3O2/c1-4-15-8-10-17(11-9-15)14(2)22-20(25)23(3)13-16-6-5-7-18(12-16)19(21)24/h5-12,14H,4,13H2,1-3H3,(H2,21,24)(H,22,25). The van der Waals surface area contributed by atoms with Crippen molar-refractivity contribution in [3.8, 4) is 0 Å². The molecule has 0 aliphatic heterocycles.